The quantitative estimate of drug-likeness (QED) is 0.857. The van der Waals surface area contributed by atoms with Crippen LogP contribution >= 0.6 is 11.8 Å². The van der Waals surface area contributed by atoms with Crippen molar-refractivity contribution in [2.75, 3.05) is 26.7 Å². The molecule has 1 saturated heterocycles. The number of thioether (sulfide) groups is 1. The van der Waals surface area contributed by atoms with Gasteiger partial charge in [0.2, 0.25) is 11.8 Å². The molecule has 0 aliphatic carbocycles. The lowest BCUT2D eigenvalue weighted by molar-refractivity contribution is -0.130. The van der Waals surface area contributed by atoms with E-state index in [1.807, 2.05) is 31.2 Å². The van der Waals surface area contributed by atoms with Crippen LogP contribution in [-0.4, -0.2) is 48.7 Å². The van der Waals surface area contributed by atoms with Crippen LogP contribution in [0.1, 0.15) is 13.3 Å². The van der Waals surface area contributed by atoms with E-state index in [-0.39, 0.29) is 17.1 Å². The van der Waals surface area contributed by atoms with Crippen molar-refractivity contribution in [1.29, 1.82) is 0 Å². The Hall–Kier alpha value is -1.69. The molecule has 1 fully saturated rings. The molecule has 1 heterocycles. The molecule has 0 spiro atoms. The van der Waals surface area contributed by atoms with Gasteiger partial charge in [-0.2, -0.15) is 0 Å². The van der Waals surface area contributed by atoms with Crippen molar-refractivity contribution in [3.8, 4) is 5.75 Å². The minimum Gasteiger partial charge on any atom is -0.497 e. The third kappa shape index (κ3) is 4.39. The summed E-state index contributed by atoms with van der Waals surface area (Å²) in [6, 6.07) is 7.66. The third-order valence-corrected chi connectivity index (χ3v) is 4.44. The van der Waals surface area contributed by atoms with Gasteiger partial charge in [-0.1, -0.05) is 0 Å². The van der Waals surface area contributed by atoms with Gasteiger partial charge in [0.1, 0.15) is 5.75 Å². The number of hydrogen-bond acceptors (Lipinski definition) is 4. The fourth-order valence-electron chi connectivity index (χ4n) is 2.15. The van der Waals surface area contributed by atoms with E-state index in [2.05, 4.69) is 5.32 Å². The van der Waals surface area contributed by atoms with Crippen molar-refractivity contribution in [1.82, 2.24) is 10.2 Å². The molecule has 1 aromatic carbocycles. The Morgan fingerprint density at radius 2 is 2.05 bits per heavy atom. The molecule has 0 radical (unpaired) electrons. The summed E-state index contributed by atoms with van der Waals surface area (Å²) in [5.41, 5.74) is 0. The molecule has 2 amide bonds. The lowest BCUT2D eigenvalue weighted by atomic mass is 10.3. The van der Waals surface area contributed by atoms with Gasteiger partial charge < -0.3 is 15.0 Å². The Kier molecular flexibility index (Phi) is 5.50. The zero-order valence-corrected chi connectivity index (χ0v) is 13.1. The fourth-order valence-corrected chi connectivity index (χ4v) is 3.10. The van der Waals surface area contributed by atoms with Crippen LogP contribution in [0.25, 0.3) is 0 Å². The Balaban J connectivity index is 1.93. The summed E-state index contributed by atoms with van der Waals surface area (Å²) in [5.74, 6) is 0.892. The number of rotatable bonds is 4. The highest BCUT2D eigenvalue weighted by molar-refractivity contribution is 8.00. The Labute approximate surface area is 129 Å². The van der Waals surface area contributed by atoms with Crippen molar-refractivity contribution >= 4 is 23.6 Å². The first-order valence-electron chi connectivity index (χ1n) is 6.96. The fraction of sp³-hybridized carbons (Fsp3) is 0.467. The number of amides is 2. The summed E-state index contributed by atoms with van der Waals surface area (Å²) in [6.45, 7) is 3.51. The van der Waals surface area contributed by atoms with E-state index < -0.39 is 0 Å². The number of ether oxygens (including phenoxy) is 1. The van der Waals surface area contributed by atoms with Gasteiger partial charge in [0, 0.05) is 31.0 Å². The third-order valence-electron chi connectivity index (χ3n) is 3.34. The minimum absolute atomic E-state index is 0.0146. The molecule has 0 bridgehead atoms. The molecule has 5 nitrogen and oxygen atoms in total. The van der Waals surface area contributed by atoms with Crippen molar-refractivity contribution in [2.45, 2.75) is 23.5 Å². The highest BCUT2D eigenvalue weighted by Gasteiger charge is 2.23. The molecule has 1 N–H and O–H groups in total. The van der Waals surface area contributed by atoms with Gasteiger partial charge in [-0.25, -0.2) is 0 Å². The topological polar surface area (TPSA) is 58.6 Å². The number of methoxy groups -OCH3 is 1. The van der Waals surface area contributed by atoms with Crippen LogP contribution in [0, 0.1) is 0 Å². The first-order valence-corrected chi connectivity index (χ1v) is 7.84. The van der Waals surface area contributed by atoms with Crippen molar-refractivity contribution in [2.24, 2.45) is 0 Å². The predicted molar refractivity (Wildman–Crippen MR) is 82.5 cm³/mol. The van der Waals surface area contributed by atoms with Gasteiger partial charge >= 0.3 is 0 Å². The summed E-state index contributed by atoms with van der Waals surface area (Å²) >= 11 is 1.52. The van der Waals surface area contributed by atoms with E-state index in [0.29, 0.717) is 26.1 Å². The number of carbonyl (C=O) groups is 2. The molecule has 1 unspecified atom stereocenters. The maximum absolute atomic E-state index is 12.4. The molecule has 0 saturated carbocycles. The average Bonchev–Trinajstić information content (AvgIpc) is 2.72. The molecule has 114 valence electrons. The molecule has 0 aromatic heterocycles. The Morgan fingerprint density at radius 1 is 1.33 bits per heavy atom. The van der Waals surface area contributed by atoms with E-state index in [1.165, 1.54) is 11.8 Å². The standard InChI is InChI=1S/C15H20N2O3S/c1-11(21-13-5-3-12(20-2)4-6-13)15(19)17-9-7-14(18)16-8-10-17/h3-6,11H,7-10H2,1-2H3,(H,16,18). The molecule has 2 rings (SSSR count). The predicted octanol–water partition coefficient (Wildman–Crippen LogP) is 1.52. The van der Waals surface area contributed by atoms with Crippen LogP contribution in [0.3, 0.4) is 0 Å². The molecule has 1 atom stereocenters. The molecule has 6 heteroatoms. The monoisotopic (exact) mass is 308 g/mol. The first-order chi connectivity index (χ1) is 10.1. The maximum Gasteiger partial charge on any atom is 0.235 e. The van der Waals surface area contributed by atoms with Crippen LogP contribution in [-0.2, 0) is 9.59 Å². The van der Waals surface area contributed by atoms with Crippen LogP contribution < -0.4 is 10.1 Å². The lowest BCUT2D eigenvalue weighted by Crippen LogP contribution is -2.38. The van der Waals surface area contributed by atoms with Gasteiger partial charge in [-0.05, 0) is 31.2 Å². The number of nitrogens with zero attached hydrogens (tertiary/aromatic N) is 1. The second-order valence-corrected chi connectivity index (χ2v) is 6.28. The van der Waals surface area contributed by atoms with Crippen LogP contribution in [0.15, 0.2) is 29.2 Å². The highest BCUT2D eigenvalue weighted by atomic mass is 32.2. The van der Waals surface area contributed by atoms with Gasteiger partial charge in [-0.15, -0.1) is 11.8 Å². The van der Waals surface area contributed by atoms with Crippen LogP contribution in [0.2, 0.25) is 0 Å². The molecule has 1 aliphatic rings. The van der Waals surface area contributed by atoms with E-state index >= 15 is 0 Å². The molecule has 21 heavy (non-hydrogen) atoms. The summed E-state index contributed by atoms with van der Waals surface area (Å²) in [5, 5.41) is 2.60. The molecule has 1 aliphatic heterocycles. The first kappa shape index (κ1) is 15.7. The van der Waals surface area contributed by atoms with Crippen molar-refractivity contribution in [3.63, 3.8) is 0 Å². The lowest BCUT2D eigenvalue weighted by Gasteiger charge is -2.23. The summed E-state index contributed by atoms with van der Waals surface area (Å²) < 4.78 is 5.12. The van der Waals surface area contributed by atoms with Crippen molar-refractivity contribution in [3.05, 3.63) is 24.3 Å². The van der Waals surface area contributed by atoms with E-state index in [1.54, 1.807) is 12.0 Å². The number of carbonyl (C=O) groups excluding carboxylic acids is 2. The summed E-state index contributed by atoms with van der Waals surface area (Å²) in [6.07, 6.45) is 0.381. The summed E-state index contributed by atoms with van der Waals surface area (Å²) in [4.78, 5) is 26.5. The number of benzene rings is 1. The highest BCUT2D eigenvalue weighted by Crippen LogP contribution is 2.26. The second kappa shape index (κ2) is 7.36. The summed E-state index contributed by atoms with van der Waals surface area (Å²) in [7, 11) is 1.63. The number of nitrogens with one attached hydrogen (secondary N) is 1. The second-order valence-electron chi connectivity index (χ2n) is 4.86. The van der Waals surface area contributed by atoms with E-state index in [0.717, 1.165) is 10.6 Å². The smallest absolute Gasteiger partial charge is 0.235 e. The minimum atomic E-state index is -0.174. The van der Waals surface area contributed by atoms with E-state index in [9.17, 15) is 9.59 Å². The Bertz CT molecular complexity index is 504. The normalized spacial score (nSPS) is 16.9. The van der Waals surface area contributed by atoms with Gasteiger partial charge in [0.15, 0.2) is 0 Å². The van der Waals surface area contributed by atoms with E-state index in [4.69, 9.17) is 4.74 Å². The zero-order valence-electron chi connectivity index (χ0n) is 12.3. The van der Waals surface area contributed by atoms with Crippen molar-refractivity contribution < 1.29 is 14.3 Å². The Morgan fingerprint density at radius 3 is 2.71 bits per heavy atom. The molecule has 1 aromatic rings. The van der Waals surface area contributed by atoms with Gasteiger partial charge in [0.25, 0.3) is 0 Å². The largest absolute Gasteiger partial charge is 0.497 e. The molecular weight excluding hydrogens is 288 g/mol. The SMILES string of the molecule is COc1ccc(SC(C)C(=O)N2CCNC(=O)CC2)cc1. The van der Waals surface area contributed by atoms with Crippen LogP contribution in [0.4, 0.5) is 0 Å². The van der Waals surface area contributed by atoms with Gasteiger partial charge in [-0.3, -0.25) is 9.59 Å². The maximum atomic E-state index is 12.4. The van der Waals surface area contributed by atoms with Gasteiger partial charge in [0.05, 0.1) is 12.4 Å². The average molecular weight is 308 g/mol. The molecular formula is C15H20N2O3S. The number of hydrogen-bond donors (Lipinski definition) is 1. The van der Waals surface area contributed by atoms with Crippen LogP contribution in [0.5, 0.6) is 5.75 Å². The zero-order chi connectivity index (χ0) is 15.2.